The van der Waals surface area contributed by atoms with Crippen molar-refractivity contribution in [2.75, 3.05) is 39.5 Å². The average Bonchev–Trinajstić information content (AvgIpc) is 3.90. The predicted octanol–water partition coefficient (Wildman–Crippen LogP) is 13.2. The molecule has 314 valence electrons. The topological polar surface area (TPSA) is 76.1 Å². The highest BCUT2D eigenvalue weighted by Gasteiger charge is 2.43. The Labute approximate surface area is 330 Å². The van der Waals surface area contributed by atoms with Gasteiger partial charge in [-0.1, -0.05) is 156 Å². The zero-order valence-corrected chi connectivity index (χ0v) is 36.3. The van der Waals surface area contributed by atoms with Crippen molar-refractivity contribution in [1.29, 1.82) is 0 Å². The Morgan fingerprint density at radius 1 is 0.623 bits per heavy atom. The van der Waals surface area contributed by atoms with Crippen molar-refractivity contribution in [3.8, 4) is 0 Å². The fourth-order valence-electron chi connectivity index (χ4n) is 7.91. The van der Waals surface area contributed by atoms with Crippen LogP contribution in [-0.2, 0) is 19.1 Å². The molecule has 1 aliphatic carbocycles. The first-order valence-corrected chi connectivity index (χ1v) is 23.4. The minimum Gasteiger partial charge on any atom is -0.466 e. The number of carbonyl (C=O) groups excluding carboxylic acids is 2. The highest BCUT2D eigenvalue weighted by molar-refractivity contribution is 5.75. The van der Waals surface area contributed by atoms with Crippen molar-refractivity contribution in [1.82, 2.24) is 4.90 Å². The Kier molecular flexibility index (Phi) is 31.1. The van der Waals surface area contributed by atoms with Crippen molar-refractivity contribution < 1.29 is 24.2 Å². The summed E-state index contributed by atoms with van der Waals surface area (Å²) in [5, 5.41) is 9.65. The molecule has 0 radical (unpaired) electrons. The number of hydrogen-bond donors (Lipinski definition) is 1. The molecule has 0 spiro atoms. The number of nitrogens with zero attached hydrogens (tertiary/aromatic N) is 1. The molecule has 1 saturated carbocycles. The second-order valence-corrected chi connectivity index (χ2v) is 17.8. The lowest BCUT2D eigenvalue weighted by Gasteiger charge is -2.25. The summed E-state index contributed by atoms with van der Waals surface area (Å²) < 4.78 is 11.6. The predicted molar refractivity (Wildman–Crippen MR) is 225 cm³/mol. The number of esters is 2. The third-order valence-corrected chi connectivity index (χ3v) is 12.0. The normalized spacial score (nSPS) is 14.0. The maximum atomic E-state index is 13.1. The molecule has 53 heavy (non-hydrogen) atoms. The van der Waals surface area contributed by atoms with Crippen LogP contribution in [0.1, 0.15) is 234 Å². The van der Waals surface area contributed by atoms with Crippen molar-refractivity contribution in [3.05, 3.63) is 0 Å². The Balaban J connectivity index is 2.21. The van der Waals surface area contributed by atoms with E-state index in [2.05, 4.69) is 39.5 Å². The molecule has 0 aliphatic heterocycles. The smallest absolute Gasteiger partial charge is 0.311 e. The molecule has 0 amide bonds. The van der Waals surface area contributed by atoms with Gasteiger partial charge in [-0.3, -0.25) is 9.59 Å². The first-order valence-electron chi connectivity index (χ1n) is 23.4. The highest BCUT2D eigenvalue weighted by Crippen LogP contribution is 2.53. The summed E-state index contributed by atoms with van der Waals surface area (Å²) in [4.78, 5) is 28.0. The van der Waals surface area contributed by atoms with Gasteiger partial charge < -0.3 is 19.5 Å². The Morgan fingerprint density at radius 2 is 1.11 bits per heavy atom. The Morgan fingerprint density at radius 3 is 1.66 bits per heavy atom. The molecule has 1 fully saturated rings. The molecule has 0 aromatic heterocycles. The second kappa shape index (κ2) is 33.0. The minimum atomic E-state index is -0.428. The number of carbonyl (C=O) groups is 2. The zero-order chi connectivity index (χ0) is 38.9. The van der Waals surface area contributed by atoms with Crippen molar-refractivity contribution in [2.45, 2.75) is 234 Å². The van der Waals surface area contributed by atoms with Gasteiger partial charge in [-0.05, 0) is 96.1 Å². The molecule has 0 saturated heterocycles. The van der Waals surface area contributed by atoms with Crippen LogP contribution in [0.15, 0.2) is 0 Å². The van der Waals surface area contributed by atoms with E-state index in [1.807, 2.05) is 0 Å². The van der Waals surface area contributed by atoms with E-state index in [9.17, 15) is 14.7 Å². The number of rotatable bonds is 40. The number of aliphatic hydroxyl groups is 1. The van der Waals surface area contributed by atoms with E-state index >= 15 is 0 Å². The fraction of sp³-hybridized carbons (Fsp3) is 0.957. The van der Waals surface area contributed by atoms with E-state index in [0.717, 1.165) is 71.0 Å². The maximum Gasteiger partial charge on any atom is 0.311 e. The molecule has 0 aromatic rings. The molecule has 0 bridgehead atoms. The van der Waals surface area contributed by atoms with Crippen LogP contribution in [0.2, 0.25) is 0 Å². The number of unbranched alkanes of at least 4 members (excludes halogenated alkanes) is 19. The van der Waals surface area contributed by atoms with Gasteiger partial charge >= 0.3 is 11.9 Å². The van der Waals surface area contributed by atoms with E-state index in [1.54, 1.807) is 0 Å². The van der Waals surface area contributed by atoms with Crippen LogP contribution in [0, 0.1) is 16.7 Å². The monoisotopic (exact) mass is 750 g/mol. The lowest BCUT2D eigenvalue weighted by atomic mass is 9.86. The quantitative estimate of drug-likeness (QED) is 0.0496. The average molecular weight is 750 g/mol. The van der Waals surface area contributed by atoms with Crippen molar-refractivity contribution in [3.63, 3.8) is 0 Å². The number of aliphatic hydroxyl groups excluding tert-OH is 1. The number of hydrogen-bond acceptors (Lipinski definition) is 6. The van der Waals surface area contributed by atoms with E-state index in [0.29, 0.717) is 25.6 Å². The van der Waals surface area contributed by atoms with Gasteiger partial charge in [0.2, 0.25) is 0 Å². The van der Waals surface area contributed by atoms with Crippen LogP contribution in [0.25, 0.3) is 0 Å². The number of ether oxygens (including phenoxy) is 2. The molecule has 6 nitrogen and oxygen atoms in total. The molecule has 0 unspecified atom stereocenters. The van der Waals surface area contributed by atoms with Crippen LogP contribution < -0.4 is 0 Å². The minimum absolute atomic E-state index is 0.0140. The molecule has 0 atom stereocenters. The third-order valence-electron chi connectivity index (χ3n) is 12.0. The van der Waals surface area contributed by atoms with Gasteiger partial charge in [-0.2, -0.15) is 0 Å². The van der Waals surface area contributed by atoms with E-state index in [4.69, 9.17) is 9.47 Å². The third kappa shape index (κ3) is 28.0. The summed E-state index contributed by atoms with van der Waals surface area (Å²) >= 11 is 0. The van der Waals surface area contributed by atoms with Crippen molar-refractivity contribution >= 4 is 11.9 Å². The molecular weight excluding hydrogens is 659 g/mol. The molecule has 0 heterocycles. The lowest BCUT2D eigenvalue weighted by Crippen LogP contribution is -2.29. The van der Waals surface area contributed by atoms with Gasteiger partial charge in [0.25, 0.3) is 0 Å². The van der Waals surface area contributed by atoms with Crippen LogP contribution in [0.5, 0.6) is 0 Å². The van der Waals surface area contributed by atoms with E-state index < -0.39 is 5.41 Å². The van der Waals surface area contributed by atoms with Crippen LogP contribution in [-0.4, -0.2) is 61.4 Å². The zero-order valence-electron chi connectivity index (χ0n) is 36.3. The molecule has 0 aromatic carbocycles. The highest BCUT2D eigenvalue weighted by atomic mass is 16.5. The van der Waals surface area contributed by atoms with E-state index in [-0.39, 0.29) is 24.0 Å². The van der Waals surface area contributed by atoms with E-state index in [1.165, 1.54) is 141 Å². The van der Waals surface area contributed by atoms with Crippen LogP contribution in [0.4, 0.5) is 0 Å². The van der Waals surface area contributed by atoms with Gasteiger partial charge in [0.15, 0.2) is 0 Å². The van der Waals surface area contributed by atoms with Gasteiger partial charge in [0.1, 0.15) is 0 Å². The van der Waals surface area contributed by atoms with Crippen LogP contribution in [0.3, 0.4) is 0 Å². The standard InChI is InChI=1S/C47H91NO5/c1-6-9-12-15-16-21-29-40-52-44(50)41-47(34-35-47)33-26-22-28-37-48(38-39-49)36-27-20-19-25-32-46(4,5)45(51)53-42-43(30-23-17-13-10-7-2)31-24-18-14-11-8-3/h43,49H,6-42H2,1-5H3. The van der Waals surface area contributed by atoms with Gasteiger partial charge in [-0.15, -0.1) is 0 Å². The summed E-state index contributed by atoms with van der Waals surface area (Å²) in [7, 11) is 0. The maximum absolute atomic E-state index is 13.1. The summed E-state index contributed by atoms with van der Waals surface area (Å²) in [5.74, 6) is 0.511. The molecule has 1 N–H and O–H groups in total. The molecule has 1 rings (SSSR count). The van der Waals surface area contributed by atoms with Gasteiger partial charge in [0.05, 0.1) is 31.7 Å². The summed E-state index contributed by atoms with van der Waals surface area (Å²) in [6, 6.07) is 0. The lowest BCUT2D eigenvalue weighted by molar-refractivity contribution is -0.156. The van der Waals surface area contributed by atoms with Gasteiger partial charge in [-0.25, -0.2) is 0 Å². The molecule has 6 heteroatoms. The largest absolute Gasteiger partial charge is 0.466 e. The summed E-state index contributed by atoms with van der Waals surface area (Å²) in [5.41, 5.74) is -0.209. The first-order chi connectivity index (χ1) is 25.7. The molecular formula is C47H91NO5. The molecule has 1 aliphatic rings. The Bertz CT molecular complexity index is 842. The fourth-order valence-corrected chi connectivity index (χ4v) is 7.91. The first kappa shape index (κ1) is 49.9. The SMILES string of the molecule is CCCCCCCCCOC(=O)CC1(CCCCCN(CCO)CCCCCCC(C)(C)C(=O)OCC(CCCCCCC)CCCCCCC)CC1. The van der Waals surface area contributed by atoms with Crippen molar-refractivity contribution in [2.24, 2.45) is 16.7 Å². The second-order valence-electron chi connectivity index (χ2n) is 17.8. The van der Waals surface area contributed by atoms with Gasteiger partial charge in [0, 0.05) is 6.54 Å². The van der Waals surface area contributed by atoms with Crippen LogP contribution >= 0.6 is 0 Å². The Hall–Kier alpha value is -1.14. The summed E-state index contributed by atoms with van der Waals surface area (Å²) in [6.45, 7) is 15.1. The summed E-state index contributed by atoms with van der Waals surface area (Å²) in [6.07, 6.45) is 37.0.